The zero-order valence-electron chi connectivity index (χ0n) is 21.0. The average molecular weight is 308 g/mol. The maximum atomic E-state index is 12.7. The van der Waals surface area contributed by atoms with Crippen LogP contribution in [0.25, 0.3) is 0 Å². The first-order valence-corrected chi connectivity index (χ1v) is 5.98. The van der Waals surface area contributed by atoms with Crippen molar-refractivity contribution >= 4 is 18.2 Å². The molecule has 1 aromatic carbocycles. The Morgan fingerprint density at radius 2 is 1.90 bits per heavy atom. The van der Waals surface area contributed by atoms with Crippen LogP contribution < -0.4 is 0 Å². The molecule has 2 rings (SSSR count). The molecule has 0 spiro atoms. The van der Waals surface area contributed by atoms with Crippen molar-refractivity contribution in [3.63, 3.8) is 0 Å². The maximum absolute atomic E-state index is 12.7. The predicted molar refractivity (Wildman–Crippen MR) is 83.4 cm³/mol. The molecule has 0 aromatic heterocycles. The Morgan fingerprint density at radius 3 is 2.45 bits per heavy atom. The highest BCUT2D eigenvalue weighted by Gasteiger charge is 2.19. The standard InChI is InChI=1S/C16H23NO2.ClH/c1-13(11-17-9-3-2-4-10-17)16(19)15-7-5-14(12-18)6-8-15;/h5-8,13,18H,2-4,9-12H2,1H3;1H/i2D2,3D2,4D2,9D2,10D2;. The van der Waals surface area contributed by atoms with Gasteiger partial charge in [-0.2, -0.15) is 0 Å². The molecule has 1 unspecified atom stereocenters. The van der Waals surface area contributed by atoms with Gasteiger partial charge in [-0.3, -0.25) is 4.79 Å². The van der Waals surface area contributed by atoms with Crippen LogP contribution in [-0.2, 0) is 6.61 Å². The molecule has 0 bridgehead atoms. The smallest absolute Gasteiger partial charge is 0.166 e. The largest absolute Gasteiger partial charge is 0.392 e. The van der Waals surface area contributed by atoms with Gasteiger partial charge < -0.3 is 10.0 Å². The number of benzene rings is 1. The van der Waals surface area contributed by atoms with Crippen LogP contribution in [-0.4, -0.2) is 35.3 Å². The van der Waals surface area contributed by atoms with Crippen molar-refractivity contribution in [1.29, 1.82) is 0 Å². The van der Waals surface area contributed by atoms with Crippen LogP contribution in [0, 0.1) is 5.92 Å². The first-order valence-electron chi connectivity index (χ1n) is 11.0. The quantitative estimate of drug-likeness (QED) is 0.850. The minimum atomic E-state index is -3.48. The Morgan fingerprint density at radius 1 is 1.30 bits per heavy atom. The summed E-state index contributed by atoms with van der Waals surface area (Å²) >= 11 is 0. The number of hydrogen-bond donors (Lipinski definition) is 1. The molecule has 1 atom stereocenters. The van der Waals surface area contributed by atoms with E-state index in [1.54, 1.807) is 0 Å². The Labute approximate surface area is 141 Å². The summed E-state index contributed by atoms with van der Waals surface area (Å²) in [6.07, 6.45) is -10.3. The van der Waals surface area contributed by atoms with Gasteiger partial charge in [-0.1, -0.05) is 37.6 Å². The molecule has 4 heteroatoms. The molecule has 0 aliphatic carbocycles. The summed E-state index contributed by atoms with van der Waals surface area (Å²) < 4.78 is 79.6. The van der Waals surface area contributed by atoms with E-state index < -0.39 is 50.4 Å². The maximum Gasteiger partial charge on any atom is 0.166 e. The number of halogens is 1. The van der Waals surface area contributed by atoms with Gasteiger partial charge in [0.1, 0.15) is 0 Å². The molecule has 1 aliphatic heterocycles. The number of carbonyl (C=O) groups is 1. The van der Waals surface area contributed by atoms with Crippen molar-refractivity contribution in [1.82, 2.24) is 4.90 Å². The number of Topliss-reactive ketones (excluding diaryl/α,β-unsaturated/α-hetero) is 1. The van der Waals surface area contributed by atoms with E-state index in [1.165, 1.54) is 31.2 Å². The second-order valence-corrected chi connectivity index (χ2v) is 4.33. The minimum Gasteiger partial charge on any atom is -0.392 e. The fraction of sp³-hybridized carbons (Fsp3) is 0.562. The normalized spacial score (nSPS) is 37.3. The van der Waals surface area contributed by atoms with Crippen molar-refractivity contribution in [3.05, 3.63) is 35.4 Å². The van der Waals surface area contributed by atoms with E-state index in [4.69, 9.17) is 18.8 Å². The van der Waals surface area contributed by atoms with Crippen molar-refractivity contribution in [2.45, 2.75) is 32.6 Å². The fourth-order valence-electron chi connectivity index (χ4n) is 1.76. The van der Waals surface area contributed by atoms with E-state index >= 15 is 0 Å². The third-order valence-electron chi connectivity index (χ3n) is 2.83. The van der Waals surface area contributed by atoms with Crippen molar-refractivity contribution in [2.24, 2.45) is 5.92 Å². The molecule has 0 amide bonds. The third kappa shape index (κ3) is 4.58. The van der Waals surface area contributed by atoms with Crippen LogP contribution in [0.3, 0.4) is 0 Å². The summed E-state index contributed by atoms with van der Waals surface area (Å²) in [6.45, 7) is -5.98. The van der Waals surface area contributed by atoms with Crippen molar-refractivity contribution in [2.75, 3.05) is 19.5 Å². The lowest BCUT2D eigenvalue weighted by molar-refractivity contribution is 0.0883. The Kier molecular flexibility index (Phi) is 3.10. The van der Waals surface area contributed by atoms with E-state index in [2.05, 4.69) is 0 Å². The Hall–Kier alpha value is -0.900. The lowest BCUT2D eigenvalue weighted by atomic mass is 9.97. The van der Waals surface area contributed by atoms with Gasteiger partial charge in [0.2, 0.25) is 0 Å². The molecular formula is C16H24ClNO2. The molecule has 1 saturated heterocycles. The van der Waals surface area contributed by atoms with E-state index in [-0.39, 0.29) is 29.5 Å². The molecule has 1 fully saturated rings. The van der Waals surface area contributed by atoms with Gasteiger partial charge in [-0.25, -0.2) is 0 Å². The number of carbonyl (C=O) groups excluding carboxylic acids is 1. The third-order valence-corrected chi connectivity index (χ3v) is 2.83. The number of ketones is 1. The van der Waals surface area contributed by atoms with Gasteiger partial charge >= 0.3 is 0 Å². The highest BCUT2D eigenvalue weighted by molar-refractivity contribution is 5.97. The molecule has 20 heavy (non-hydrogen) atoms. The second-order valence-electron chi connectivity index (χ2n) is 4.33. The SMILES string of the molecule is Cl.[2H]C1([2H])N(CC(C)C(=O)c2ccc(CO)cc2)C([2H])([2H])C([2H])([2H])C([2H])([2H])C1([2H])[2H]. The lowest BCUT2D eigenvalue weighted by Gasteiger charge is -2.28. The molecule has 1 aromatic rings. The van der Waals surface area contributed by atoms with Crippen LogP contribution in [0.1, 0.15) is 55.7 Å². The monoisotopic (exact) mass is 307 g/mol. The van der Waals surface area contributed by atoms with E-state index in [0.717, 1.165) is 0 Å². The molecule has 1 heterocycles. The molecule has 0 saturated carbocycles. The van der Waals surface area contributed by atoms with Crippen LogP contribution in [0.5, 0.6) is 0 Å². The second kappa shape index (κ2) is 8.40. The number of nitrogens with zero attached hydrogens (tertiary/aromatic N) is 1. The summed E-state index contributed by atoms with van der Waals surface area (Å²) in [7, 11) is 0. The molecule has 0 radical (unpaired) electrons. The first kappa shape index (κ1) is 7.39. The summed E-state index contributed by atoms with van der Waals surface area (Å²) in [5.41, 5.74) is 0.788. The van der Waals surface area contributed by atoms with Crippen LogP contribution in [0.15, 0.2) is 24.3 Å². The van der Waals surface area contributed by atoms with Gasteiger partial charge in [0, 0.05) is 31.7 Å². The van der Waals surface area contributed by atoms with Gasteiger partial charge in [0.15, 0.2) is 5.78 Å². The molecular weight excluding hydrogens is 274 g/mol. The highest BCUT2D eigenvalue weighted by atomic mass is 35.5. The summed E-state index contributed by atoms with van der Waals surface area (Å²) in [4.78, 5) is 13.0. The average Bonchev–Trinajstić information content (AvgIpc) is 2.63. The van der Waals surface area contributed by atoms with Gasteiger partial charge in [-0.15, -0.1) is 12.4 Å². The van der Waals surface area contributed by atoms with Crippen LogP contribution in [0.4, 0.5) is 0 Å². The molecule has 1 aliphatic rings. The lowest BCUT2D eigenvalue weighted by Crippen LogP contribution is -2.35. The number of likely N-dealkylation sites (tertiary alicyclic amines) is 1. The number of piperidine rings is 1. The summed E-state index contributed by atoms with van der Waals surface area (Å²) in [5, 5.41) is 9.07. The number of aliphatic hydroxyl groups is 1. The van der Waals surface area contributed by atoms with Crippen molar-refractivity contribution in [3.8, 4) is 0 Å². The minimum absolute atomic E-state index is 0. The van der Waals surface area contributed by atoms with Crippen molar-refractivity contribution < 1.29 is 23.6 Å². The number of rotatable bonds is 5. The Balaban J connectivity index is 0.00000450. The first-order chi connectivity index (χ1) is 13.0. The van der Waals surface area contributed by atoms with Gasteiger partial charge in [-0.05, 0) is 31.3 Å². The highest BCUT2D eigenvalue weighted by Crippen LogP contribution is 2.15. The predicted octanol–water partition coefficient (Wildman–Crippen LogP) is 2.91. The summed E-state index contributed by atoms with van der Waals surface area (Å²) in [5.74, 6) is -1.55. The molecule has 112 valence electrons. The van der Waals surface area contributed by atoms with E-state index in [9.17, 15) is 4.79 Å². The Bertz CT molecular complexity index is 755. The zero-order chi connectivity index (χ0) is 22.6. The number of hydrogen-bond acceptors (Lipinski definition) is 3. The van der Waals surface area contributed by atoms with E-state index in [1.807, 2.05) is 0 Å². The number of aliphatic hydroxyl groups excluding tert-OH is 1. The van der Waals surface area contributed by atoms with Gasteiger partial charge in [0.25, 0.3) is 0 Å². The van der Waals surface area contributed by atoms with Gasteiger partial charge in [0.05, 0.1) is 6.61 Å². The van der Waals surface area contributed by atoms with Crippen LogP contribution >= 0.6 is 12.4 Å². The van der Waals surface area contributed by atoms with E-state index in [0.29, 0.717) is 5.56 Å². The van der Waals surface area contributed by atoms with Crippen LogP contribution in [0.2, 0.25) is 0 Å². The molecule has 1 N–H and O–H groups in total. The zero-order valence-corrected chi connectivity index (χ0v) is 11.8. The molecule has 3 nitrogen and oxygen atoms in total. The summed E-state index contributed by atoms with van der Waals surface area (Å²) in [6, 6.07) is 5.93. The topological polar surface area (TPSA) is 40.5 Å². The fourth-order valence-corrected chi connectivity index (χ4v) is 1.76.